The number of phosphoric ester groups is 4. The topological polar surface area (TPSA) is 425 Å². The number of hydrogen-bond acceptors (Lipinski definition) is 20. The van der Waals surface area contributed by atoms with Crippen LogP contribution in [0.2, 0.25) is 0 Å². The van der Waals surface area contributed by atoms with Gasteiger partial charge in [-0.15, -0.1) is 0 Å². The van der Waals surface area contributed by atoms with Crippen molar-refractivity contribution >= 4 is 67.1 Å². The summed E-state index contributed by atoms with van der Waals surface area (Å²) in [4.78, 5) is 130. The van der Waals surface area contributed by atoms with Crippen molar-refractivity contribution in [1.82, 2.24) is 0 Å². The lowest BCUT2D eigenvalue weighted by molar-refractivity contribution is -0.157. The first-order valence-electron chi connectivity index (χ1n) is 24.7. The quantitative estimate of drug-likeness (QED) is 0.0177. The third kappa shape index (κ3) is 57.9. The molecule has 0 saturated heterocycles. The van der Waals surface area contributed by atoms with E-state index in [2.05, 4.69) is 18.1 Å². The van der Waals surface area contributed by atoms with Gasteiger partial charge in [-0.1, -0.05) is 128 Å². The highest BCUT2D eigenvalue weighted by Gasteiger charge is 2.14. The minimum atomic E-state index is -4.17. The molecular weight excluding hydrogens is 1200 g/mol. The average Bonchev–Trinajstić information content (AvgIpc) is 3.49. The van der Waals surface area contributed by atoms with E-state index in [4.69, 9.17) is 67.6 Å². The highest BCUT2D eigenvalue weighted by atomic mass is 31.2. The van der Waals surface area contributed by atoms with Crippen molar-refractivity contribution in [3.8, 4) is 0 Å². The second-order valence-electron chi connectivity index (χ2n) is 16.9. The SMILES string of the molecule is CC(C)C(=O)OCOC(=O)c1ccccc1.CC(C)C(=O)OCOC(=O)c1ccccc1.CC(C)COC(=O)c1ccccc1.CC(C)COC(=O)c1ccccc1.CCOP(=O)(O)O.CCOP(=O)(O)O.COP(=O)(O)O.COP(=O)(O)O. The van der Waals surface area contributed by atoms with Gasteiger partial charge in [0.15, 0.2) is 0 Å². The lowest BCUT2D eigenvalue weighted by atomic mass is 10.2. The molecule has 0 atom stereocenters. The van der Waals surface area contributed by atoms with Gasteiger partial charge in [0.05, 0.1) is 60.5 Å². The number of carbonyl (C=O) groups is 6. The monoisotopic (exact) mass is 1280 g/mol. The normalized spacial score (nSPS) is 10.6. The number of benzene rings is 4. The highest BCUT2D eigenvalue weighted by molar-refractivity contribution is 7.47. The van der Waals surface area contributed by atoms with Crippen LogP contribution in [0.15, 0.2) is 121 Å². The molecule has 0 aliphatic carbocycles. The lowest BCUT2D eigenvalue weighted by Gasteiger charge is -2.07. The molecule has 0 aromatic heterocycles. The summed E-state index contributed by atoms with van der Waals surface area (Å²) < 4.78 is 82.4. The largest absolute Gasteiger partial charge is 0.469 e. The molecule has 0 radical (unpaired) electrons. The maximum absolute atomic E-state index is 11.4. The molecule has 28 nitrogen and oxygen atoms in total. The molecule has 0 unspecified atom stereocenters. The van der Waals surface area contributed by atoms with E-state index in [0.29, 0.717) is 47.3 Å². The van der Waals surface area contributed by atoms with Crippen molar-refractivity contribution in [1.29, 1.82) is 0 Å². The van der Waals surface area contributed by atoms with E-state index in [9.17, 15) is 47.0 Å². The Morgan fingerprint density at radius 1 is 0.357 bits per heavy atom. The molecule has 8 N–H and O–H groups in total. The second-order valence-corrected chi connectivity index (χ2v) is 22.1. The van der Waals surface area contributed by atoms with E-state index in [1.807, 2.05) is 64.1 Å². The summed E-state index contributed by atoms with van der Waals surface area (Å²) in [5.41, 5.74) is 2.09. The Bertz CT molecular complexity index is 2400. The zero-order valence-electron chi connectivity index (χ0n) is 48.6. The standard InChI is InChI=1S/2C12H14O4.2C11H14O2.2C2H7O4P.2CH5O4P/c2*1-9(2)11(13)15-8-16-12(14)10-6-4-3-5-7-10;2*1-9(2)8-13-11(12)10-6-4-3-5-7-10;2*1-2-6-7(3,4)5;2*1-5-6(2,3)4/h2*3-7,9H,8H2,1-2H3;2*3-7,9H,8H2,1-2H3;2*2H2,1H3,(H2,3,4,5);2*1H3,(H2,2,3,4). The molecule has 476 valence electrons. The zero-order chi connectivity index (χ0) is 65.5. The maximum Gasteiger partial charge on any atom is 0.469 e. The minimum Gasteiger partial charge on any atom is -0.462 e. The van der Waals surface area contributed by atoms with Gasteiger partial charge >= 0.3 is 67.1 Å². The molecule has 0 aliphatic heterocycles. The van der Waals surface area contributed by atoms with Gasteiger partial charge in [0, 0.05) is 14.2 Å². The van der Waals surface area contributed by atoms with Crippen molar-refractivity contribution < 1.29 is 133 Å². The summed E-state index contributed by atoms with van der Waals surface area (Å²) in [7, 11) is -14.7. The fourth-order valence-corrected chi connectivity index (χ4v) is 4.74. The molecular formula is C52H80O28P4. The summed E-state index contributed by atoms with van der Waals surface area (Å²) in [6.45, 7) is 18.3. The van der Waals surface area contributed by atoms with Crippen molar-refractivity contribution in [2.45, 2.75) is 69.2 Å². The van der Waals surface area contributed by atoms with Crippen molar-refractivity contribution in [3.63, 3.8) is 0 Å². The maximum atomic E-state index is 11.4. The smallest absolute Gasteiger partial charge is 0.462 e. The van der Waals surface area contributed by atoms with Crippen molar-refractivity contribution in [2.24, 2.45) is 23.7 Å². The first kappa shape index (κ1) is 84.6. The Labute approximate surface area is 489 Å². The molecule has 32 heteroatoms. The molecule has 0 spiro atoms. The predicted molar refractivity (Wildman–Crippen MR) is 304 cm³/mol. The second kappa shape index (κ2) is 48.4. The first-order valence-corrected chi connectivity index (χ1v) is 30.8. The molecule has 0 saturated carbocycles. The van der Waals surface area contributed by atoms with Gasteiger partial charge < -0.3 is 67.6 Å². The van der Waals surface area contributed by atoms with Crippen LogP contribution in [0.25, 0.3) is 0 Å². The Morgan fingerprint density at radius 3 is 0.702 bits per heavy atom. The fraction of sp³-hybridized carbons (Fsp3) is 0.423. The Kier molecular flexibility index (Phi) is 48.7. The average molecular weight is 1280 g/mol. The van der Waals surface area contributed by atoms with Crippen LogP contribution in [0.1, 0.15) is 111 Å². The molecule has 0 heterocycles. The third-order valence-electron chi connectivity index (χ3n) is 7.93. The van der Waals surface area contributed by atoms with Gasteiger partial charge in [-0.3, -0.25) is 27.7 Å². The number of ether oxygens (including phenoxy) is 6. The molecule has 84 heavy (non-hydrogen) atoms. The molecule has 4 aromatic carbocycles. The van der Waals surface area contributed by atoms with Crippen LogP contribution in [-0.4, -0.2) is 129 Å². The van der Waals surface area contributed by atoms with Gasteiger partial charge in [0.1, 0.15) is 0 Å². The summed E-state index contributed by atoms with van der Waals surface area (Å²) in [5.74, 6) is -1.95. The van der Waals surface area contributed by atoms with Gasteiger partial charge in [0.2, 0.25) is 13.6 Å². The van der Waals surface area contributed by atoms with E-state index in [0.717, 1.165) is 14.2 Å². The summed E-state index contributed by atoms with van der Waals surface area (Å²) >= 11 is 0. The number of hydrogen-bond donors (Lipinski definition) is 8. The summed E-state index contributed by atoms with van der Waals surface area (Å²) in [5, 5.41) is 0. The Hall–Kier alpha value is -5.86. The van der Waals surface area contributed by atoms with Crippen LogP contribution in [-0.2, 0) is 74.4 Å². The molecule has 0 bridgehead atoms. The summed E-state index contributed by atoms with van der Waals surface area (Å²) in [6.07, 6.45) is 0. The molecule has 0 aliphatic rings. The molecule has 4 rings (SSSR count). The van der Waals surface area contributed by atoms with Crippen LogP contribution in [0.4, 0.5) is 0 Å². The van der Waals surface area contributed by atoms with Crippen LogP contribution in [0.5, 0.6) is 0 Å². The van der Waals surface area contributed by atoms with E-state index >= 15 is 0 Å². The van der Waals surface area contributed by atoms with Crippen LogP contribution >= 0.6 is 31.3 Å². The summed E-state index contributed by atoms with van der Waals surface area (Å²) in [6, 6.07) is 35.1. The molecule has 0 amide bonds. The van der Waals surface area contributed by atoms with Gasteiger partial charge in [-0.2, -0.15) is 0 Å². The Morgan fingerprint density at radius 2 is 0.560 bits per heavy atom. The van der Waals surface area contributed by atoms with Gasteiger partial charge in [0.25, 0.3) is 0 Å². The number of esters is 6. The third-order valence-corrected chi connectivity index (χ3v) is 10.1. The number of phosphoric acid groups is 4. The van der Waals surface area contributed by atoms with E-state index in [1.165, 1.54) is 13.8 Å². The van der Waals surface area contributed by atoms with E-state index < -0.39 is 43.2 Å². The molecule has 0 fully saturated rings. The number of carbonyl (C=O) groups excluding carboxylic acids is 6. The highest BCUT2D eigenvalue weighted by Crippen LogP contribution is 2.36. The lowest BCUT2D eigenvalue weighted by Crippen LogP contribution is -2.16. The Balaban J connectivity index is -0.000000448. The minimum absolute atomic E-state index is 0.0459. The van der Waals surface area contributed by atoms with Gasteiger partial charge in [-0.25, -0.2) is 37.4 Å². The van der Waals surface area contributed by atoms with Crippen molar-refractivity contribution in [2.75, 3.05) is 54.2 Å². The van der Waals surface area contributed by atoms with Crippen LogP contribution in [0, 0.1) is 23.7 Å². The van der Waals surface area contributed by atoms with Gasteiger partial charge in [-0.05, 0) is 74.2 Å². The van der Waals surface area contributed by atoms with E-state index in [-0.39, 0.29) is 62.5 Å². The molecule has 4 aromatic rings. The van der Waals surface area contributed by atoms with Crippen molar-refractivity contribution in [3.05, 3.63) is 144 Å². The first-order chi connectivity index (χ1) is 38.9. The zero-order valence-corrected chi connectivity index (χ0v) is 52.2. The van der Waals surface area contributed by atoms with Crippen LogP contribution in [0.3, 0.4) is 0 Å². The number of rotatable bonds is 20. The fourth-order valence-electron chi connectivity index (χ4n) is 4.07. The van der Waals surface area contributed by atoms with E-state index in [1.54, 1.807) is 113 Å². The predicted octanol–water partition coefficient (Wildman–Crippen LogP) is 8.68. The van der Waals surface area contributed by atoms with Crippen LogP contribution < -0.4 is 0 Å².